The van der Waals surface area contributed by atoms with E-state index in [0.29, 0.717) is 34.6 Å². The largest absolute Gasteiger partial charge is 0.497 e. The third-order valence-electron chi connectivity index (χ3n) is 7.34. The molecule has 1 aliphatic heterocycles. The molecule has 0 radical (unpaired) electrons. The molecular formula is C32H26FN7O6S. The van der Waals surface area contributed by atoms with E-state index in [1.165, 1.54) is 53.7 Å². The molecule has 3 heterocycles. The molecule has 5 aromatic rings. The summed E-state index contributed by atoms with van der Waals surface area (Å²) in [7, 11) is 1.58. The second-order valence-electron chi connectivity index (χ2n) is 10.2. The van der Waals surface area contributed by atoms with Gasteiger partial charge in [-0.05, 0) is 71.8 Å². The van der Waals surface area contributed by atoms with Crippen molar-refractivity contribution in [2.24, 2.45) is 5.10 Å². The quantitative estimate of drug-likeness (QED) is 0.113. The normalized spacial score (nSPS) is 14.1. The van der Waals surface area contributed by atoms with Gasteiger partial charge in [-0.1, -0.05) is 23.9 Å². The van der Waals surface area contributed by atoms with Crippen LogP contribution in [0.15, 0.2) is 106 Å². The molecule has 47 heavy (non-hydrogen) atoms. The van der Waals surface area contributed by atoms with Crippen LogP contribution in [0.3, 0.4) is 0 Å². The highest BCUT2D eigenvalue weighted by Crippen LogP contribution is 2.34. The van der Waals surface area contributed by atoms with E-state index in [1.807, 2.05) is 24.3 Å². The van der Waals surface area contributed by atoms with E-state index in [1.54, 1.807) is 29.9 Å². The Morgan fingerprint density at radius 3 is 2.47 bits per heavy atom. The van der Waals surface area contributed by atoms with Crippen LogP contribution in [-0.4, -0.2) is 55.1 Å². The number of rotatable bonds is 11. The molecular weight excluding hydrogens is 629 g/mol. The summed E-state index contributed by atoms with van der Waals surface area (Å²) in [6.07, 6.45) is 1.79. The van der Waals surface area contributed by atoms with Gasteiger partial charge in [0.25, 0.3) is 17.5 Å². The highest BCUT2D eigenvalue weighted by molar-refractivity contribution is 7.99. The topological polar surface area (TPSA) is 158 Å². The van der Waals surface area contributed by atoms with Gasteiger partial charge in [0.2, 0.25) is 0 Å². The number of carbonyl (C=O) groups excluding carboxylic acids is 2. The van der Waals surface area contributed by atoms with Gasteiger partial charge in [-0.2, -0.15) is 5.10 Å². The van der Waals surface area contributed by atoms with Crippen molar-refractivity contribution < 1.29 is 28.1 Å². The number of benzene rings is 3. The summed E-state index contributed by atoms with van der Waals surface area (Å²) in [5, 5.41) is 28.9. The SMILES string of the molecule is COc1ccc(C2=NN(C(=O)CSc3nnc(CNC(=O)c4ccco4)n3-c3ccc([N+](=O)[O-])cc3)C(c3ccc(F)cc3)C2)cc1. The van der Waals surface area contributed by atoms with E-state index in [-0.39, 0.29) is 29.7 Å². The van der Waals surface area contributed by atoms with Crippen LogP contribution in [-0.2, 0) is 11.3 Å². The Kier molecular flexibility index (Phi) is 9.06. The maximum atomic E-state index is 13.8. The standard InChI is InChI=1S/C32H26FN7O6S/c1-45-25-14-6-20(7-15-25)26-17-27(21-4-8-22(33)9-5-21)39(37-26)30(41)19-47-32-36-35-29(18-34-31(42)28-3-2-16-46-28)38(32)23-10-12-24(13-11-23)40(43)44/h2-16,27H,17-19H2,1H3,(H,34,42). The number of hydrogen-bond acceptors (Lipinski definition) is 10. The molecule has 1 unspecified atom stereocenters. The number of furan rings is 1. The minimum Gasteiger partial charge on any atom is -0.497 e. The first kappa shape index (κ1) is 31.2. The van der Waals surface area contributed by atoms with Crippen LogP contribution in [0.2, 0.25) is 0 Å². The Hall–Kier alpha value is -5.83. The van der Waals surface area contributed by atoms with Crippen molar-refractivity contribution in [2.45, 2.75) is 24.2 Å². The third kappa shape index (κ3) is 6.89. The van der Waals surface area contributed by atoms with Crippen LogP contribution in [0.25, 0.3) is 5.69 Å². The van der Waals surface area contributed by atoms with E-state index in [4.69, 9.17) is 9.15 Å². The predicted octanol–water partition coefficient (Wildman–Crippen LogP) is 5.32. The van der Waals surface area contributed by atoms with Gasteiger partial charge in [-0.25, -0.2) is 9.40 Å². The van der Waals surface area contributed by atoms with Crippen LogP contribution in [0.1, 0.15) is 40.0 Å². The number of non-ortho nitro benzene ring substituents is 1. The minimum absolute atomic E-state index is 0.0493. The van der Waals surface area contributed by atoms with Crippen molar-refractivity contribution in [3.05, 3.63) is 130 Å². The lowest BCUT2D eigenvalue weighted by Gasteiger charge is -2.22. The summed E-state index contributed by atoms with van der Waals surface area (Å²) in [5.74, 6) is -0.174. The molecule has 1 aliphatic rings. The van der Waals surface area contributed by atoms with Crippen molar-refractivity contribution in [1.29, 1.82) is 0 Å². The molecule has 6 rings (SSSR count). The number of methoxy groups -OCH3 is 1. The lowest BCUT2D eigenvalue weighted by molar-refractivity contribution is -0.384. The monoisotopic (exact) mass is 655 g/mol. The summed E-state index contributed by atoms with van der Waals surface area (Å²) < 4.78 is 25.8. The molecule has 13 nitrogen and oxygen atoms in total. The van der Waals surface area contributed by atoms with Crippen LogP contribution in [0.5, 0.6) is 5.75 Å². The van der Waals surface area contributed by atoms with E-state index in [0.717, 1.165) is 22.9 Å². The van der Waals surface area contributed by atoms with Crippen molar-refractivity contribution in [3.63, 3.8) is 0 Å². The number of halogens is 1. The number of ether oxygens (including phenoxy) is 1. The first-order valence-corrected chi connectivity index (χ1v) is 15.2. The second kappa shape index (κ2) is 13.7. The van der Waals surface area contributed by atoms with Gasteiger partial charge in [-0.15, -0.1) is 10.2 Å². The van der Waals surface area contributed by atoms with Crippen molar-refractivity contribution in [3.8, 4) is 11.4 Å². The summed E-state index contributed by atoms with van der Waals surface area (Å²) in [6, 6.07) is 21.7. The molecule has 0 aliphatic carbocycles. The van der Waals surface area contributed by atoms with Crippen molar-refractivity contribution in [1.82, 2.24) is 25.1 Å². The molecule has 0 fully saturated rings. The Morgan fingerprint density at radius 1 is 1.06 bits per heavy atom. The zero-order valence-electron chi connectivity index (χ0n) is 24.8. The molecule has 2 amide bonds. The van der Waals surface area contributed by atoms with Gasteiger partial charge in [-0.3, -0.25) is 24.3 Å². The Bertz CT molecular complexity index is 1930. The number of hydrogen-bond donors (Lipinski definition) is 1. The van der Waals surface area contributed by atoms with E-state index >= 15 is 0 Å². The predicted molar refractivity (Wildman–Crippen MR) is 169 cm³/mol. The van der Waals surface area contributed by atoms with Gasteiger partial charge in [0.15, 0.2) is 16.7 Å². The fourth-order valence-electron chi connectivity index (χ4n) is 4.98. The lowest BCUT2D eigenvalue weighted by atomic mass is 9.98. The van der Waals surface area contributed by atoms with Crippen molar-refractivity contribution >= 4 is 35.0 Å². The van der Waals surface area contributed by atoms with Gasteiger partial charge < -0.3 is 14.5 Å². The summed E-state index contributed by atoms with van der Waals surface area (Å²) in [4.78, 5) is 37.0. The van der Waals surface area contributed by atoms with Crippen molar-refractivity contribution in [2.75, 3.05) is 12.9 Å². The number of nitro groups is 1. The number of carbonyl (C=O) groups is 2. The first-order chi connectivity index (χ1) is 22.8. The second-order valence-corrected chi connectivity index (χ2v) is 11.2. The number of nitro benzene ring substituents is 1. The van der Waals surface area contributed by atoms with Crippen LogP contribution < -0.4 is 10.1 Å². The summed E-state index contributed by atoms with van der Waals surface area (Å²) >= 11 is 1.09. The first-order valence-electron chi connectivity index (χ1n) is 14.2. The fourth-order valence-corrected chi connectivity index (χ4v) is 5.80. The number of hydrazone groups is 1. The molecule has 1 N–H and O–H groups in total. The van der Waals surface area contributed by atoms with E-state index in [9.17, 15) is 24.1 Å². The third-order valence-corrected chi connectivity index (χ3v) is 8.25. The number of nitrogens with zero attached hydrogens (tertiary/aromatic N) is 6. The lowest BCUT2D eigenvalue weighted by Crippen LogP contribution is -2.28. The van der Waals surface area contributed by atoms with Gasteiger partial charge in [0, 0.05) is 24.2 Å². The Labute approximate surface area is 271 Å². The maximum Gasteiger partial charge on any atom is 0.287 e. The van der Waals surface area contributed by atoms with Gasteiger partial charge in [0.05, 0.1) is 42.3 Å². The Morgan fingerprint density at radius 2 is 1.81 bits per heavy atom. The highest BCUT2D eigenvalue weighted by atomic mass is 32.2. The minimum atomic E-state index is -0.511. The molecule has 0 spiro atoms. The molecule has 1 atom stereocenters. The van der Waals surface area contributed by atoms with Gasteiger partial charge >= 0.3 is 0 Å². The zero-order chi connectivity index (χ0) is 32.9. The molecule has 0 bridgehead atoms. The number of nitrogens with one attached hydrogen (secondary N) is 1. The number of aromatic nitrogens is 3. The smallest absolute Gasteiger partial charge is 0.287 e. The Balaban J connectivity index is 1.26. The number of thioether (sulfide) groups is 1. The fraction of sp³-hybridized carbons (Fsp3) is 0.156. The maximum absolute atomic E-state index is 13.8. The van der Waals surface area contributed by atoms with Crippen LogP contribution in [0, 0.1) is 15.9 Å². The highest BCUT2D eigenvalue weighted by Gasteiger charge is 2.33. The molecule has 3 aromatic carbocycles. The molecule has 0 saturated heterocycles. The summed E-state index contributed by atoms with van der Waals surface area (Å²) in [6.45, 7) is -0.0493. The van der Waals surface area contributed by atoms with E-state index in [2.05, 4.69) is 20.6 Å². The summed E-state index contributed by atoms with van der Waals surface area (Å²) in [5.41, 5.74) is 2.61. The molecule has 2 aromatic heterocycles. The van der Waals surface area contributed by atoms with Gasteiger partial charge in [0.1, 0.15) is 11.6 Å². The average molecular weight is 656 g/mol. The van der Waals surface area contributed by atoms with E-state index < -0.39 is 22.7 Å². The number of amides is 2. The van der Waals surface area contributed by atoms with Crippen LogP contribution in [0.4, 0.5) is 10.1 Å². The molecule has 15 heteroatoms. The molecule has 238 valence electrons. The zero-order valence-corrected chi connectivity index (χ0v) is 25.6. The molecule has 0 saturated carbocycles. The average Bonchev–Trinajstić information content (AvgIpc) is 3.87. The van der Waals surface area contributed by atoms with Crippen LogP contribution >= 0.6 is 11.8 Å².